The number of fused-ring (bicyclic) bond motifs is 1. The van der Waals surface area contributed by atoms with Crippen LogP contribution in [0.1, 0.15) is 41.5 Å². The van der Waals surface area contributed by atoms with Crippen LogP contribution >= 0.6 is 8.03 Å². The number of aromatic nitrogens is 4. The fourth-order valence-electron chi connectivity index (χ4n) is 2.83. The molecule has 2 aromatic rings. The molecule has 33 heavy (non-hydrogen) atoms. The van der Waals surface area contributed by atoms with Crippen molar-refractivity contribution in [3.8, 4) is 0 Å². The van der Waals surface area contributed by atoms with Crippen LogP contribution in [0.3, 0.4) is 0 Å². The van der Waals surface area contributed by atoms with Crippen molar-refractivity contribution in [3.05, 3.63) is 28.8 Å². The molecule has 0 fully saturated rings. The van der Waals surface area contributed by atoms with Crippen molar-refractivity contribution in [1.82, 2.24) is 19.5 Å². The van der Waals surface area contributed by atoms with Gasteiger partial charge in [-0.1, -0.05) is 48.1 Å². The molecule has 1 unspecified atom stereocenters. The van der Waals surface area contributed by atoms with E-state index in [1.54, 1.807) is 46.1 Å². The van der Waals surface area contributed by atoms with Crippen molar-refractivity contribution in [2.24, 2.45) is 10.8 Å². The number of nitrogen functional groups attached to an aromatic ring is 1. The number of Topliss-reactive ketones (excluding diaryl/α,β-unsaturated/α-hetero) is 2. The molecule has 0 bridgehead atoms. The van der Waals surface area contributed by atoms with E-state index in [2.05, 4.69) is 21.5 Å². The number of ether oxygens (including phenoxy) is 1. The highest BCUT2D eigenvalue weighted by molar-refractivity contribution is 7.39. The van der Waals surface area contributed by atoms with Crippen LogP contribution in [0.2, 0.25) is 0 Å². The zero-order chi connectivity index (χ0) is 25.1. The summed E-state index contributed by atoms with van der Waals surface area (Å²) in [5.41, 5.74) is 4.50. The van der Waals surface area contributed by atoms with Crippen LogP contribution < -0.4 is 11.3 Å². The number of imidazole rings is 1. The topological polar surface area (TPSA) is 159 Å². The van der Waals surface area contributed by atoms with Gasteiger partial charge in [-0.2, -0.15) is 4.98 Å². The molecule has 2 aromatic heterocycles. The summed E-state index contributed by atoms with van der Waals surface area (Å²) in [5.74, 6) is -0.895. The molecule has 0 spiro atoms. The van der Waals surface area contributed by atoms with Crippen LogP contribution in [-0.4, -0.2) is 50.1 Å². The van der Waals surface area contributed by atoms with Gasteiger partial charge in [-0.25, -0.2) is 4.98 Å². The Morgan fingerprint density at radius 1 is 1.21 bits per heavy atom. The third kappa shape index (κ3) is 6.93. The van der Waals surface area contributed by atoms with Gasteiger partial charge in [-0.3, -0.25) is 23.9 Å². The first kappa shape index (κ1) is 26.6. The van der Waals surface area contributed by atoms with Crippen LogP contribution in [0.15, 0.2) is 23.3 Å². The smallest absolute Gasteiger partial charge is 0.280 e. The highest BCUT2D eigenvalue weighted by atomic mass is 31.1. The van der Waals surface area contributed by atoms with Gasteiger partial charge in [0.2, 0.25) is 14.0 Å². The number of carbonyl (C=O) groups excluding carboxylic acids is 2. The van der Waals surface area contributed by atoms with Crippen molar-refractivity contribution in [2.75, 3.05) is 18.7 Å². The molecule has 0 aliphatic rings. The van der Waals surface area contributed by atoms with E-state index < -0.39 is 42.1 Å². The van der Waals surface area contributed by atoms with E-state index in [1.165, 1.54) is 6.33 Å². The Morgan fingerprint density at radius 3 is 2.33 bits per heavy atom. The van der Waals surface area contributed by atoms with Gasteiger partial charge in [-0.05, 0) is 5.57 Å². The first-order chi connectivity index (χ1) is 15.1. The Balaban J connectivity index is 1.97. The SMILES string of the molecule is C=C(COC[PH](=O)OC(C(=O)C(C)(C)C)C(=O)C(C)(C)C)Cn1cnc2c(=O)[nH]c(N)nc21. The Morgan fingerprint density at radius 2 is 1.79 bits per heavy atom. The second kappa shape index (κ2) is 10.1. The van der Waals surface area contributed by atoms with Gasteiger partial charge in [0.15, 0.2) is 28.8 Å². The summed E-state index contributed by atoms with van der Waals surface area (Å²) in [6.45, 7) is 14.2. The molecule has 0 saturated carbocycles. The predicted molar refractivity (Wildman–Crippen MR) is 125 cm³/mol. The predicted octanol–water partition coefficient (Wildman–Crippen LogP) is 2.32. The fraction of sp³-hybridized carbons (Fsp3) is 0.571. The second-order valence-electron chi connectivity index (χ2n) is 9.84. The number of H-pyrrole nitrogens is 1. The molecular formula is C21H32N5O6P. The number of nitrogens with two attached hydrogens (primary N) is 1. The minimum atomic E-state index is -2.85. The van der Waals surface area contributed by atoms with Gasteiger partial charge in [-0.15, -0.1) is 0 Å². The summed E-state index contributed by atoms with van der Waals surface area (Å²) < 4.78 is 24.9. The molecule has 0 aliphatic heterocycles. The molecule has 1 atom stereocenters. The van der Waals surface area contributed by atoms with Gasteiger partial charge in [0.05, 0.1) is 12.9 Å². The van der Waals surface area contributed by atoms with Crippen LogP contribution in [0.25, 0.3) is 11.2 Å². The van der Waals surface area contributed by atoms with E-state index in [4.69, 9.17) is 15.0 Å². The Hall–Kier alpha value is -2.62. The number of ketones is 2. The average molecular weight is 481 g/mol. The molecule has 0 aromatic carbocycles. The van der Waals surface area contributed by atoms with Gasteiger partial charge >= 0.3 is 0 Å². The molecule has 12 heteroatoms. The number of aromatic amines is 1. The van der Waals surface area contributed by atoms with Gasteiger partial charge in [0.25, 0.3) is 5.56 Å². The molecule has 0 radical (unpaired) electrons. The van der Waals surface area contributed by atoms with Gasteiger partial charge in [0, 0.05) is 17.4 Å². The van der Waals surface area contributed by atoms with E-state index in [9.17, 15) is 18.9 Å². The number of nitrogens with zero attached hydrogens (tertiary/aromatic N) is 3. The fourth-order valence-corrected chi connectivity index (χ4v) is 3.64. The minimum Gasteiger partial charge on any atom is -0.369 e. The quantitative estimate of drug-likeness (QED) is 0.295. The van der Waals surface area contributed by atoms with Crippen LogP contribution in [0.4, 0.5) is 5.95 Å². The van der Waals surface area contributed by atoms with E-state index in [0.717, 1.165) is 0 Å². The molecule has 0 aliphatic carbocycles. The summed E-state index contributed by atoms with van der Waals surface area (Å²) in [5, 5.41) is 0. The summed E-state index contributed by atoms with van der Waals surface area (Å²) in [7, 11) is -2.85. The summed E-state index contributed by atoms with van der Waals surface area (Å²) in [4.78, 5) is 47.8. The highest BCUT2D eigenvalue weighted by Gasteiger charge is 2.41. The number of nitrogens with one attached hydrogen (secondary N) is 1. The maximum absolute atomic E-state index is 12.7. The number of rotatable bonds is 10. The number of hydrogen-bond donors (Lipinski definition) is 2. The van der Waals surface area contributed by atoms with Crippen molar-refractivity contribution in [2.45, 2.75) is 54.2 Å². The van der Waals surface area contributed by atoms with E-state index >= 15 is 0 Å². The van der Waals surface area contributed by atoms with Crippen molar-refractivity contribution >= 4 is 36.7 Å². The summed E-state index contributed by atoms with van der Waals surface area (Å²) in [6, 6.07) is 0. The first-order valence-electron chi connectivity index (χ1n) is 10.3. The monoisotopic (exact) mass is 481 g/mol. The lowest BCUT2D eigenvalue weighted by atomic mass is 9.80. The lowest BCUT2D eigenvalue weighted by Gasteiger charge is -2.28. The van der Waals surface area contributed by atoms with Gasteiger partial charge < -0.3 is 19.6 Å². The standard InChI is InChI=1S/C21H32N5O6P/c1-12(8-26-10-23-13-17(26)24-19(22)25-18(13)29)9-31-11-33(30)32-14(15(27)20(2,3)4)16(28)21(5,6)7/h10,14,33H,1,8-9,11H2,2-7H3,(H3,22,24,25,29). The maximum Gasteiger partial charge on any atom is 0.280 e. The summed E-state index contributed by atoms with van der Waals surface area (Å²) in [6.07, 6.45) is -0.274. The largest absolute Gasteiger partial charge is 0.369 e. The number of hydrogen-bond acceptors (Lipinski definition) is 9. The highest BCUT2D eigenvalue weighted by Crippen LogP contribution is 2.32. The molecular weight excluding hydrogens is 449 g/mol. The van der Waals surface area contributed by atoms with Crippen molar-refractivity contribution < 1.29 is 23.4 Å². The average Bonchev–Trinajstić information content (AvgIpc) is 3.06. The Kier molecular flexibility index (Phi) is 8.16. The Bertz CT molecular complexity index is 1110. The molecule has 3 N–H and O–H groups in total. The molecule has 11 nitrogen and oxygen atoms in total. The van der Waals surface area contributed by atoms with E-state index in [-0.39, 0.29) is 31.0 Å². The van der Waals surface area contributed by atoms with Crippen LogP contribution in [0, 0.1) is 10.8 Å². The normalized spacial score (nSPS) is 13.4. The minimum absolute atomic E-state index is 0.0310. The third-order valence-corrected chi connectivity index (χ3v) is 5.56. The molecule has 2 heterocycles. The molecule has 182 valence electrons. The Labute approximate surface area is 192 Å². The molecule has 0 amide bonds. The lowest BCUT2D eigenvalue weighted by molar-refractivity contribution is -0.145. The molecule has 0 saturated heterocycles. The van der Waals surface area contributed by atoms with Crippen LogP contribution in [-0.2, 0) is 30.0 Å². The zero-order valence-corrected chi connectivity index (χ0v) is 20.9. The summed E-state index contributed by atoms with van der Waals surface area (Å²) >= 11 is 0. The first-order valence-corrected chi connectivity index (χ1v) is 11.9. The second-order valence-corrected chi connectivity index (χ2v) is 11.1. The molecule has 2 rings (SSSR count). The number of carbonyl (C=O) groups is 2. The maximum atomic E-state index is 12.7. The van der Waals surface area contributed by atoms with Crippen LogP contribution in [0.5, 0.6) is 0 Å². The lowest BCUT2D eigenvalue weighted by Crippen LogP contribution is -2.44. The van der Waals surface area contributed by atoms with E-state index in [1.807, 2.05) is 0 Å². The van der Waals surface area contributed by atoms with Crippen molar-refractivity contribution in [3.63, 3.8) is 0 Å². The van der Waals surface area contributed by atoms with Gasteiger partial charge in [0.1, 0.15) is 6.35 Å². The third-order valence-electron chi connectivity index (χ3n) is 4.62. The van der Waals surface area contributed by atoms with E-state index in [0.29, 0.717) is 11.2 Å². The number of anilines is 1. The zero-order valence-electron chi connectivity index (χ0n) is 19.9. The van der Waals surface area contributed by atoms with Crippen molar-refractivity contribution in [1.29, 1.82) is 0 Å².